The quantitative estimate of drug-likeness (QED) is 0.897. The van der Waals surface area contributed by atoms with Crippen LogP contribution in [0, 0.1) is 27.7 Å². The number of rotatable bonds is 3. The molecule has 6 heteroatoms. The second-order valence-corrected chi connectivity index (χ2v) is 8.73. The number of sulfonamides is 1. The standard InChI is InChI=1S/C17H25N3O2S/c1-10-8-11(2)13(4)16(12(10)3)23(21,22)20-15-9-14(18-19-15)17(5,6)7/h8-9H,1-7H3,(H2,18,19,20). The largest absolute Gasteiger partial charge is 0.280 e. The Balaban J connectivity index is 2.47. The van der Waals surface area contributed by atoms with E-state index < -0.39 is 10.0 Å². The first-order valence-electron chi connectivity index (χ1n) is 7.59. The SMILES string of the molecule is Cc1cc(C)c(C)c(S(=O)(=O)Nc2cc(C(C)(C)C)[nH]n2)c1C. The highest BCUT2D eigenvalue weighted by atomic mass is 32.2. The molecule has 0 fully saturated rings. The van der Waals surface area contributed by atoms with Crippen molar-refractivity contribution in [1.82, 2.24) is 10.2 Å². The Morgan fingerprint density at radius 1 is 1.00 bits per heavy atom. The van der Waals surface area contributed by atoms with Crippen molar-refractivity contribution < 1.29 is 8.42 Å². The molecular formula is C17H25N3O2S. The van der Waals surface area contributed by atoms with Gasteiger partial charge >= 0.3 is 0 Å². The molecule has 2 N–H and O–H groups in total. The van der Waals surface area contributed by atoms with E-state index in [0.29, 0.717) is 10.7 Å². The fourth-order valence-corrected chi connectivity index (χ4v) is 4.14. The van der Waals surface area contributed by atoms with Gasteiger partial charge in [-0.05, 0) is 49.9 Å². The van der Waals surface area contributed by atoms with E-state index in [9.17, 15) is 8.42 Å². The molecular weight excluding hydrogens is 310 g/mol. The van der Waals surface area contributed by atoms with Crippen LogP contribution in [0.25, 0.3) is 0 Å². The molecule has 0 spiro atoms. The van der Waals surface area contributed by atoms with Gasteiger partial charge in [0.1, 0.15) is 0 Å². The first-order valence-corrected chi connectivity index (χ1v) is 9.08. The second kappa shape index (κ2) is 5.67. The molecule has 0 saturated heterocycles. The van der Waals surface area contributed by atoms with Crippen LogP contribution >= 0.6 is 0 Å². The molecule has 0 unspecified atom stereocenters. The summed E-state index contributed by atoms with van der Waals surface area (Å²) in [6, 6.07) is 3.75. The van der Waals surface area contributed by atoms with Crippen LogP contribution in [0.2, 0.25) is 0 Å². The number of aromatic amines is 1. The first kappa shape index (κ1) is 17.5. The van der Waals surface area contributed by atoms with E-state index in [-0.39, 0.29) is 5.41 Å². The van der Waals surface area contributed by atoms with Gasteiger partial charge in [0.05, 0.1) is 4.90 Å². The normalized spacial score (nSPS) is 12.5. The molecule has 0 aliphatic rings. The molecule has 1 heterocycles. The van der Waals surface area contributed by atoms with E-state index in [0.717, 1.165) is 27.9 Å². The number of aromatic nitrogens is 2. The topological polar surface area (TPSA) is 74.8 Å². The molecule has 0 aliphatic heterocycles. The van der Waals surface area contributed by atoms with Gasteiger partial charge in [0, 0.05) is 17.2 Å². The molecule has 126 valence electrons. The lowest BCUT2D eigenvalue weighted by Crippen LogP contribution is -2.17. The second-order valence-electron chi connectivity index (χ2n) is 7.11. The molecule has 23 heavy (non-hydrogen) atoms. The molecule has 0 aliphatic carbocycles. The molecule has 0 bridgehead atoms. The van der Waals surface area contributed by atoms with Crippen LogP contribution in [0.4, 0.5) is 5.82 Å². The van der Waals surface area contributed by atoms with Crippen molar-refractivity contribution in [3.63, 3.8) is 0 Å². The summed E-state index contributed by atoms with van der Waals surface area (Å²) < 4.78 is 28.3. The number of nitrogens with zero attached hydrogens (tertiary/aromatic N) is 1. The number of nitrogens with one attached hydrogen (secondary N) is 2. The van der Waals surface area contributed by atoms with E-state index in [4.69, 9.17) is 0 Å². The van der Waals surface area contributed by atoms with E-state index in [1.54, 1.807) is 6.07 Å². The van der Waals surface area contributed by atoms with Crippen LogP contribution < -0.4 is 4.72 Å². The van der Waals surface area contributed by atoms with Crippen LogP contribution in [0.15, 0.2) is 17.0 Å². The maximum absolute atomic E-state index is 12.8. The molecule has 0 saturated carbocycles. The number of benzene rings is 1. The van der Waals surface area contributed by atoms with Crippen molar-refractivity contribution in [3.8, 4) is 0 Å². The lowest BCUT2D eigenvalue weighted by Gasteiger charge is -2.16. The van der Waals surface area contributed by atoms with Gasteiger partial charge in [-0.2, -0.15) is 5.10 Å². The Hall–Kier alpha value is -1.82. The summed E-state index contributed by atoms with van der Waals surface area (Å²) in [7, 11) is -3.68. The lowest BCUT2D eigenvalue weighted by molar-refractivity contribution is 0.567. The highest BCUT2D eigenvalue weighted by Crippen LogP contribution is 2.28. The zero-order chi connectivity index (χ0) is 17.6. The van der Waals surface area contributed by atoms with Crippen molar-refractivity contribution in [2.45, 2.75) is 58.8 Å². The predicted molar refractivity (Wildman–Crippen MR) is 93.5 cm³/mol. The molecule has 2 rings (SSSR count). The summed E-state index contributed by atoms with van der Waals surface area (Å²) in [5.74, 6) is 0.313. The van der Waals surface area contributed by atoms with Gasteiger partial charge in [0.25, 0.3) is 10.0 Å². The summed E-state index contributed by atoms with van der Waals surface area (Å²) in [4.78, 5) is 0.343. The molecule has 1 aromatic carbocycles. The summed E-state index contributed by atoms with van der Waals surface area (Å²) in [5, 5.41) is 6.98. The molecule has 0 radical (unpaired) electrons. The Morgan fingerprint density at radius 2 is 1.52 bits per heavy atom. The summed E-state index contributed by atoms with van der Waals surface area (Å²) in [5.41, 5.74) is 4.22. The van der Waals surface area contributed by atoms with Crippen LogP contribution in [0.1, 0.15) is 48.7 Å². The molecule has 1 aromatic heterocycles. The van der Waals surface area contributed by atoms with E-state index in [2.05, 4.69) is 14.9 Å². The smallest absolute Gasteiger partial charge is 0.263 e. The van der Waals surface area contributed by atoms with E-state index >= 15 is 0 Å². The Labute approximate surface area is 138 Å². The number of hydrogen-bond donors (Lipinski definition) is 2. The van der Waals surface area contributed by atoms with Gasteiger partial charge in [-0.1, -0.05) is 26.8 Å². The number of anilines is 1. The monoisotopic (exact) mass is 335 g/mol. The van der Waals surface area contributed by atoms with Gasteiger partial charge in [-0.15, -0.1) is 0 Å². The van der Waals surface area contributed by atoms with Crippen molar-refractivity contribution in [2.24, 2.45) is 0 Å². The summed E-state index contributed by atoms with van der Waals surface area (Å²) in [6.07, 6.45) is 0. The average Bonchev–Trinajstić information content (AvgIpc) is 2.84. The van der Waals surface area contributed by atoms with E-state index in [1.165, 1.54) is 0 Å². The molecule has 2 aromatic rings. The average molecular weight is 335 g/mol. The number of aryl methyl sites for hydroxylation is 2. The molecule has 5 nitrogen and oxygen atoms in total. The van der Waals surface area contributed by atoms with Crippen molar-refractivity contribution in [1.29, 1.82) is 0 Å². The highest BCUT2D eigenvalue weighted by molar-refractivity contribution is 7.92. The van der Waals surface area contributed by atoms with Crippen molar-refractivity contribution in [2.75, 3.05) is 4.72 Å². The first-order chi connectivity index (χ1) is 10.4. The third-order valence-corrected chi connectivity index (χ3v) is 5.82. The Bertz CT molecular complexity index is 817. The molecule has 0 atom stereocenters. The van der Waals surface area contributed by atoms with E-state index in [1.807, 2.05) is 54.5 Å². The minimum absolute atomic E-state index is 0.123. The van der Waals surface area contributed by atoms with Crippen LogP contribution in [-0.4, -0.2) is 18.6 Å². The van der Waals surface area contributed by atoms with Crippen LogP contribution in [0.3, 0.4) is 0 Å². The predicted octanol–water partition coefficient (Wildman–Crippen LogP) is 3.74. The Kier molecular flexibility index (Phi) is 4.32. The van der Waals surface area contributed by atoms with Crippen LogP contribution in [-0.2, 0) is 15.4 Å². The minimum Gasteiger partial charge on any atom is -0.280 e. The molecule has 0 amide bonds. The van der Waals surface area contributed by atoms with Gasteiger partial charge in [0.2, 0.25) is 0 Å². The fourth-order valence-electron chi connectivity index (χ4n) is 2.53. The zero-order valence-corrected chi connectivity index (χ0v) is 15.6. The lowest BCUT2D eigenvalue weighted by atomic mass is 9.92. The minimum atomic E-state index is -3.68. The van der Waals surface area contributed by atoms with Crippen LogP contribution in [0.5, 0.6) is 0 Å². The van der Waals surface area contributed by atoms with Crippen molar-refractivity contribution >= 4 is 15.8 Å². The van der Waals surface area contributed by atoms with Gasteiger partial charge in [0.15, 0.2) is 5.82 Å². The fraction of sp³-hybridized carbons (Fsp3) is 0.471. The highest BCUT2D eigenvalue weighted by Gasteiger charge is 2.24. The van der Waals surface area contributed by atoms with Gasteiger partial charge in [-0.25, -0.2) is 8.42 Å². The third-order valence-electron chi connectivity index (χ3n) is 4.19. The summed E-state index contributed by atoms with van der Waals surface area (Å²) >= 11 is 0. The van der Waals surface area contributed by atoms with Gasteiger partial charge < -0.3 is 0 Å². The van der Waals surface area contributed by atoms with Crippen molar-refractivity contribution in [3.05, 3.63) is 40.1 Å². The number of H-pyrrole nitrogens is 1. The summed E-state index contributed by atoms with van der Waals surface area (Å²) in [6.45, 7) is 13.6. The maximum atomic E-state index is 12.8. The zero-order valence-electron chi connectivity index (χ0n) is 14.8. The maximum Gasteiger partial charge on any atom is 0.263 e. The van der Waals surface area contributed by atoms with Gasteiger partial charge in [-0.3, -0.25) is 9.82 Å². The third kappa shape index (κ3) is 3.42. The number of hydrogen-bond acceptors (Lipinski definition) is 3. The Morgan fingerprint density at radius 3 is 1.96 bits per heavy atom.